The Hall–Kier alpha value is -2.14. The number of anilines is 1. The van der Waals surface area contributed by atoms with Crippen molar-refractivity contribution in [3.63, 3.8) is 0 Å². The van der Waals surface area contributed by atoms with Crippen molar-refractivity contribution in [2.24, 2.45) is 0 Å². The van der Waals surface area contributed by atoms with Crippen LogP contribution in [-0.2, 0) is 0 Å². The van der Waals surface area contributed by atoms with Crippen LogP contribution in [0.15, 0.2) is 51.7 Å². The average Bonchev–Trinajstić information content (AvgIpc) is 2.89. The van der Waals surface area contributed by atoms with Crippen LogP contribution in [-0.4, -0.2) is 10.9 Å². The fourth-order valence-electron chi connectivity index (χ4n) is 1.96. The number of hydrogen-bond donors (Lipinski definition) is 1. The van der Waals surface area contributed by atoms with E-state index >= 15 is 0 Å². The molecule has 0 aliphatic heterocycles. The maximum atomic E-state index is 12.2. The maximum absolute atomic E-state index is 12.2. The SMILES string of the molecule is Cc1cc(Br)ccc1NC(=O)c1ccc2ocnc2c1. The van der Waals surface area contributed by atoms with Gasteiger partial charge in [0, 0.05) is 15.7 Å². The predicted octanol–water partition coefficient (Wildman–Crippen LogP) is 4.15. The average molecular weight is 331 g/mol. The van der Waals surface area contributed by atoms with Crippen LogP contribution in [0.5, 0.6) is 0 Å². The summed E-state index contributed by atoms with van der Waals surface area (Å²) in [6.45, 7) is 1.95. The van der Waals surface area contributed by atoms with E-state index in [1.165, 1.54) is 6.39 Å². The van der Waals surface area contributed by atoms with Gasteiger partial charge in [-0.2, -0.15) is 0 Å². The van der Waals surface area contributed by atoms with Gasteiger partial charge in [-0.1, -0.05) is 15.9 Å². The molecule has 1 N–H and O–H groups in total. The van der Waals surface area contributed by atoms with Crippen LogP contribution in [0.4, 0.5) is 5.69 Å². The molecule has 0 aliphatic carbocycles. The number of oxazole rings is 1. The smallest absolute Gasteiger partial charge is 0.255 e. The number of halogens is 1. The first-order chi connectivity index (χ1) is 9.63. The van der Waals surface area contributed by atoms with Crippen LogP contribution >= 0.6 is 15.9 Å². The van der Waals surface area contributed by atoms with Crippen LogP contribution in [0.2, 0.25) is 0 Å². The monoisotopic (exact) mass is 330 g/mol. The zero-order chi connectivity index (χ0) is 14.1. The highest BCUT2D eigenvalue weighted by atomic mass is 79.9. The van der Waals surface area contributed by atoms with E-state index < -0.39 is 0 Å². The number of fused-ring (bicyclic) bond motifs is 1. The summed E-state index contributed by atoms with van der Waals surface area (Å²) >= 11 is 3.40. The molecule has 2 aromatic carbocycles. The molecule has 0 saturated heterocycles. The minimum absolute atomic E-state index is 0.166. The second kappa shape index (κ2) is 5.09. The highest BCUT2D eigenvalue weighted by Gasteiger charge is 2.10. The fourth-order valence-corrected chi connectivity index (χ4v) is 2.44. The molecule has 20 heavy (non-hydrogen) atoms. The third-order valence-electron chi connectivity index (χ3n) is 3.03. The Morgan fingerprint density at radius 2 is 2.10 bits per heavy atom. The minimum Gasteiger partial charge on any atom is -0.443 e. The first kappa shape index (κ1) is 12.9. The maximum Gasteiger partial charge on any atom is 0.255 e. The molecule has 0 spiro atoms. The molecule has 1 heterocycles. The number of hydrogen-bond acceptors (Lipinski definition) is 3. The molecule has 0 aliphatic rings. The van der Waals surface area contributed by atoms with E-state index in [-0.39, 0.29) is 5.91 Å². The van der Waals surface area contributed by atoms with Crippen LogP contribution in [0.3, 0.4) is 0 Å². The largest absolute Gasteiger partial charge is 0.443 e. The number of rotatable bonds is 2. The lowest BCUT2D eigenvalue weighted by atomic mass is 10.1. The number of amides is 1. The molecule has 4 nitrogen and oxygen atoms in total. The van der Waals surface area contributed by atoms with Gasteiger partial charge in [-0.05, 0) is 48.9 Å². The van der Waals surface area contributed by atoms with E-state index in [1.807, 2.05) is 25.1 Å². The molecule has 3 aromatic rings. The van der Waals surface area contributed by atoms with Crippen molar-refractivity contribution >= 4 is 38.6 Å². The minimum atomic E-state index is -0.166. The Balaban J connectivity index is 1.88. The van der Waals surface area contributed by atoms with E-state index in [1.54, 1.807) is 18.2 Å². The highest BCUT2D eigenvalue weighted by molar-refractivity contribution is 9.10. The van der Waals surface area contributed by atoms with Crippen LogP contribution in [0.1, 0.15) is 15.9 Å². The van der Waals surface area contributed by atoms with E-state index in [4.69, 9.17) is 4.42 Å². The second-order valence-corrected chi connectivity index (χ2v) is 5.36. The first-order valence-electron chi connectivity index (χ1n) is 6.04. The first-order valence-corrected chi connectivity index (χ1v) is 6.83. The molecule has 100 valence electrons. The van der Waals surface area contributed by atoms with E-state index in [0.717, 1.165) is 15.7 Å². The number of carbonyl (C=O) groups is 1. The van der Waals surface area contributed by atoms with Crippen molar-refractivity contribution in [3.05, 3.63) is 58.4 Å². The van der Waals surface area contributed by atoms with Gasteiger partial charge in [0.15, 0.2) is 12.0 Å². The topological polar surface area (TPSA) is 55.1 Å². The fraction of sp³-hybridized carbons (Fsp3) is 0.0667. The Morgan fingerprint density at radius 3 is 2.90 bits per heavy atom. The number of carbonyl (C=O) groups excluding carboxylic acids is 1. The van der Waals surface area contributed by atoms with E-state index in [0.29, 0.717) is 16.7 Å². The van der Waals surface area contributed by atoms with Crippen molar-refractivity contribution in [1.82, 2.24) is 4.98 Å². The molecular weight excluding hydrogens is 320 g/mol. The summed E-state index contributed by atoms with van der Waals surface area (Å²) in [7, 11) is 0. The lowest BCUT2D eigenvalue weighted by molar-refractivity contribution is 0.102. The van der Waals surface area contributed by atoms with Gasteiger partial charge in [-0.25, -0.2) is 4.98 Å². The molecule has 1 aromatic heterocycles. The summed E-state index contributed by atoms with van der Waals surface area (Å²) in [4.78, 5) is 16.3. The molecule has 0 fully saturated rings. The quantitative estimate of drug-likeness (QED) is 0.767. The summed E-state index contributed by atoms with van der Waals surface area (Å²) in [5, 5.41) is 2.89. The van der Waals surface area contributed by atoms with E-state index in [2.05, 4.69) is 26.2 Å². The summed E-state index contributed by atoms with van der Waals surface area (Å²) in [5.74, 6) is -0.166. The van der Waals surface area contributed by atoms with Gasteiger partial charge >= 0.3 is 0 Å². The molecule has 0 bridgehead atoms. The zero-order valence-corrected chi connectivity index (χ0v) is 12.3. The van der Waals surface area contributed by atoms with Crippen molar-refractivity contribution in [1.29, 1.82) is 0 Å². The van der Waals surface area contributed by atoms with Gasteiger partial charge < -0.3 is 9.73 Å². The van der Waals surface area contributed by atoms with Crippen LogP contribution in [0.25, 0.3) is 11.1 Å². The lowest BCUT2D eigenvalue weighted by Crippen LogP contribution is -2.12. The Kier molecular flexibility index (Phi) is 3.28. The van der Waals surface area contributed by atoms with E-state index in [9.17, 15) is 4.79 Å². The van der Waals surface area contributed by atoms with Gasteiger partial charge in [-0.15, -0.1) is 0 Å². The van der Waals surface area contributed by atoms with Crippen molar-refractivity contribution < 1.29 is 9.21 Å². The van der Waals surface area contributed by atoms with Gasteiger partial charge in [0.2, 0.25) is 0 Å². The molecular formula is C15H11BrN2O2. The number of aromatic nitrogens is 1. The standard InChI is InChI=1S/C15H11BrN2O2/c1-9-6-11(16)3-4-12(9)18-15(19)10-2-5-14-13(7-10)17-8-20-14/h2-8H,1H3,(H,18,19). The molecule has 5 heteroatoms. The molecule has 0 saturated carbocycles. The Labute approximate surface area is 123 Å². The third kappa shape index (κ3) is 2.44. The molecule has 3 rings (SSSR count). The third-order valence-corrected chi connectivity index (χ3v) is 3.52. The number of aryl methyl sites for hydroxylation is 1. The van der Waals surface area contributed by atoms with Gasteiger partial charge in [0.05, 0.1) is 0 Å². The van der Waals surface area contributed by atoms with Crippen molar-refractivity contribution in [2.45, 2.75) is 6.92 Å². The molecule has 0 atom stereocenters. The normalized spacial score (nSPS) is 10.7. The van der Waals surface area contributed by atoms with Crippen molar-refractivity contribution in [2.75, 3.05) is 5.32 Å². The summed E-state index contributed by atoms with van der Waals surface area (Å²) in [5.41, 5.74) is 3.67. The number of nitrogens with one attached hydrogen (secondary N) is 1. The summed E-state index contributed by atoms with van der Waals surface area (Å²) in [6, 6.07) is 10.9. The Bertz CT molecular complexity index is 795. The van der Waals surface area contributed by atoms with Crippen LogP contribution < -0.4 is 5.32 Å². The Morgan fingerprint density at radius 1 is 1.25 bits per heavy atom. The molecule has 1 amide bonds. The molecule has 0 unspecified atom stereocenters. The number of nitrogens with zero attached hydrogens (tertiary/aromatic N) is 1. The second-order valence-electron chi connectivity index (χ2n) is 4.45. The van der Waals surface area contributed by atoms with Gasteiger partial charge in [-0.3, -0.25) is 4.79 Å². The lowest BCUT2D eigenvalue weighted by Gasteiger charge is -2.08. The number of benzene rings is 2. The highest BCUT2D eigenvalue weighted by Crippen LogP contribution is 2.21. The zero-order valence-electron chi connectivity index (χ0n) is 10.7. The van der Waals surface area contributed by atoms with Gasteiger partial charge in [0.25, 0.3) is 5.91 Å². The van der Waals surface area contributed by atoms with Crippen molar-refractivity contribution in [3.8, 4) is 0 Å². The summed E-state index contributed by atoms with van der Waals surface area (Å²) < 4.78 is 6.14. The predicted molar refractivity (Wildman–Crippen MR) is 80.8 cm³/mol. The summed E-state index contributed by atoms with van der Waals surface area (Å²) in [6.07, 6.45) is 1.37. The molecule has 0 radical (unpaired) electrons. The van der Waals surface area contributed by atoms with Gasteiger partial charge in [0.1, 0.15) is 5.52 Å². The van der Waals surface area contributed by atoms with Crippen LogP contribution in [0, 0.1) is 6.92 Å².